The second-order valence-electron chi connectivity index (χ2n) is 2.96. The van der Waals surface area contributed by atoms with Gasteiger partial charge in [0.05, 0.1) is 0 Å². The highest BCUT2D eigenvalue weighted by atomic mass is 16.3. The third-order valence-corrected chi connectivity index (χ3v) is 1.73. The highest BCUT2D eigenvalue weighted by molar-refractivity contribution is 5.32. The third-order valence-electron chi connectivity index (χ3n) is 1.73. The average Bonchev–Trinajstić information content (AvgIpc) is 2.05. The Kier molecular flexibility index (Phi) is 11.8. The Morgan fingerprint density at radius 1 is 1.29 bits per heavy atom. The Bertz CT molecular complexity index is 120. The largest absolute Gasteiger partial charge is 0.483 e. The Balaban J connectivity index is 0. The van der Waals surface area contributed by atoms with Gasteiger partial charge in [0.2, 0.25) is 0 Å². The molecule has 0 heterocycles. The highest BCUT2D eigenvalue weighted by Gasteiger charge is 2.14. The van der Waals surface area contributed by atoms with Gasteiger partial charge in [-0.3, -0.25) is 9.69 Å². The molecule has 2 atom stereocenters. The fourth-order valence-electron chi connectivity index (χ4n) is 1.03. The summed E-state index contributed by atoms with van der Waals surface area (Å²) < 4.78 is 0. The molecular weight excluding hydrogens is 186 g/mol. The molecule has 2 unspecified atom stereocenters. The van der Waals surface area contributed by atoms with E-state index in [-0.39, 0.29) is 6.47 Å². The number of carboxylic acid groups (broad SMARTS) is 1. The first kappa shape index (κ1) is 15.8. The quantitative estimate of drug-likeness (QED) is 0.451. The van der Waals surface area contributed by atoms with Gasteiger partial charge in [-0.15, -0.1) is 0 Å². The average molecular weight is 207 g/mol. The summed E-state index contributed by atoms with van der Waals surface area (Å²) in [6, 6.07) is 0. The Labute approximate surface area is 85.0 Å². The van der Waals surface area contributed by atoms with Gasteiger partial charge >= 0.3 is 0 Å². The monoisotopic (exact) mass is 207 g/mol. The van der Waals surface area contributed by atoms with Gasteiger partial charge in [-0.25, -0.2) is 0 Å². The predicted molar refractivity (Wildman–Crippen MR) is 53.7 cm³/mol. The number of rotatable bonds is 5. The molecule has 0 aromatic rings. The summed E-state index contributed by atoms with van der Waals surface area (Å²) in [5, 5.41) is 25.2. The zero-order valence-electron chi connectivity index (χ0n) is 9.05. The molecule has 0 fully saturated rings. The number of carbonyl (C=O) groups is 1. The van der Waals surface area contributed by atoms with E-state index in [1.54, 1.807) is 18.7 Å². The third kappa shape index (κ3) is 9.44. The number of aliphatic hydroxyl groups excluding tert-OH is 2. The van der Waals surface area contributed by atoms with Crippen molar-refractivity contribution in [1.82, 2.24) is 4.90 Å². The molecule has 0 radical (unpaired) electrons. The maximum absolute atomic E-state index is 9.18. The SMILES string of the molecule is CCCCN(C(C)O)C(C)O.O=CO. The van der Waals surface area contributed by atoms with Crippen molar-refractivity contribution in [2.75, 3.05) is 6.54 Å². The summed E-state index contributed by atoms with van der Waals surface area (Å²) in [6.45, 7) is 5.93. The van der Waals surface area contributed by atoms with Crippen LogP contribution in [0, 0.1) is 0 Å². The summed E-state index contributed by atoms with van der Waals surface area (Å²) >= 11 is 0. The van der Waals surface area contributed by atoms with Crippen LogP contribution in [-0.2, 0) is 4.79 Å². The van der Waals surface area contributed by atoms with Crippen molar-refractivity contribution in [2.24, 2.45) is 0 Å². The van der Waals surface area contributed by atoms with Gasteiger partial charge in [-0.1, -0.05) is 13.3 Å². The van der Waals surface area contributed by atoms with Gasteiger partial charge in [-0.05, 0) is 20.3 Å². The molecule has 0 aliphatic rings. The second kappa shape index (κ2) is 10.4. The Morgan fingerprint density at radius 2 is 1.64 bits per heavy atom. The molecule has 0 amide bonds. The summed E-state index contributed by atoms with van der Waals surface area (Å²) in [7, 11) is 0. The molecule has 0 saturated carbocycles. The van der Waals surface area contributed by atoms with E-state index in [1.165, 1.54) is 0 Å². The van der Waals surface area contributed by atoms with Crippen LogP contribution in [0.2, 0.25) is 0 Å². The van der Waals surface area contributed by atoms with Crippen LogP contribution in [0.25, 0.3) is 0 Å². The maximum atomic E-state index is 9.18. The van der Waals surface area contributed by atoms with E-state index in [4.69, 9.17) is 9.90 Å². The van der Waals surface area contributed by atoms with Crippen LogP contribution in [0.1, 0.15) is 33.6 Å². The molecule has 0 saturated heterocycles. The lowest BCUT2D eigenvalue weighted by Crippen LogP contribution is -2.40. The highest BCUT2D eigenvalue weighted by Crippen LogP contribution is 2.03. The molecule has 0 bridgehead atoms. The standard InChI is InChI=1S/C8H19NO2.CH2O2/c1-4-5-6-9(7(2)10)8(3)11;2-1-3/h7-8,10-11H,4-6H2,1-3H3;1H,(H,2,3). The molecule has 0 aliphatic carbocycles. The lowest BCUT2D eigenvalue weighted by molar-refractivity contribution is -0.122. The summed E-state index contributed by atoms with van der Waals surface area (Å²) in [6.07, 6.45) is 0.981. The van der Waals surface area contributed by atoms with E-state index in [0.717, 1.165) is 19.4 Å². The van der Waals surface area contributed by atoms with Crippen LogP contribution in [0.4, 0.5) is 0 Å². The Morgan fingerprint density at radius 3 is 1.86 bits per heavy atom. The second-order valence-corrected chi connectivity index (χ2v) is 2.96. The van der Waals surface area contributed by atoms with Crippen LogP contribution in [-0.4, -0.2) is 45.7 Å². The minimum atomic E-state index is -0.554. The van der Waals surface area contributed by atoms with E-state index >= 15 is 0 Å². The van der Waals surface area contributed by atoms with Crippen LogP contribution in [0.15, 0.2) is 0 Å². The fraction of sp³-hybridized carbons (Fsp3) is 0.889. The number of hydrogen-bond donors (Lipinski definition) is 3. The molecule has 0 aliphatic heterocycles. The van der Waals surface area contributed by atoms with Crippen molar-refractivity contribution in [2.45, 2.75) is 46.1 Å². The molecule has 86 valence electrons. The van der Waals surface area contributed by atoms with Gasteiger partial charge in [0.25, 0.3) is 6.47 Å². The van der Waals surface area contributed by atoms with E-state index in [9.17, 15) is 10.2 Å². The van der Waals surface area contributed by atoms with Crippen molar-refractivity contribution in [3.05, 3.63) is 0 Å². The minimum absolute atomic E-state index is 0.250. The van der Waals surface area contributed by atoms with Gasteiger partial charge < -0.3 is 15.3 Å². The summed E-state index contributed by atoms with van der Waals surface area (Å²) in [5.41, 5.74) is 0. The number of aliphatic hydroxyl groups is 2. The van der Waals surface area contributed by atoms with Crippen LogP contribution in [0.3, 0.4) is 0 Å². The zero-order valence-corrected chi connectivity index (χ0v) is 9.05. The van der Waals surface area contributed by atoms with Crippen LogP contribution < -0.4 is 0 Å². The van der Waals surface area contributed by atoms with Gasteiger partial charge in [0.15, 0.2) is 0 Å². The number of hydrogen-bond acceptors (Lipinski definition) is 4. The van der Waals surface area contributed by atoms with Gasteiger partial charge in [-0.2, -0.15) is 0 Å². The molecule has 0 spiro atoms. The minimum Gasteiger partial charge on any atom is -0.483 e. The molecular formula is C9H21NO4. The van der Waals surface area contributed by atoms with Crippen molar-refractivity contribution in [3.8, 4) is 0 Å². The molecule has 0 rings (SSSR count). The summed E-state index contributed by atoms with van der Waals surface area (Å²) in [4.78, 5) is 10.0. The molecule has 5 nitrogen and oxygen atoms in total. The van der Waals surface area contributed by atoms with Gasteiger partial charge in [0, 0.05) is 6.54 Å². The normalized spacial score (nSPS) is 14.1. The zero-order chi connectivity index (χ0) is 11.6. The van der Waals surface area contributed by atoms with Crippen molar-refractivity contribution >= 4 is 6.47 Å². The Hall–Kier alpha value is -0.650. The smallest absolute Gasteiger partial charge is 0.290 e. The predicted octanol–water partition coefficient (Wildman–Crippen LogP) is 0.466. The van der Waals surface area contributed by atoms with Crippen molar-refractivity contribution < 1.29 is 20.1 Å². The van der Waals surface area contributed by atoms with E-state index in [1.807, 2.05) is 0 Å². The molecule has 3 N–H and O–H groups in total. The van der Waals surface area contributed by atoms with Crippen LogP contribution in [0.5, 0.6) is 0 Å². The lowest BCUT2D eigenvalue weighted by atomic mass is 10.3. The van der Waals surface area contributed by atoms with E-state index < -0.39 is 12.5 Å². The first-order valence-corrected chi connectivity index (χ1v) is 4.70. The molecule has 0 aromatic heterocycles. The first-order valence-electron chi connectivity index (χ1n) is 4.70. The fourth-order valence-corrected chi connectivity index (χ4v) is 1.03. The van der Waals surface area contributed by atoms with Crippen LogP contribution >= 0.6 is 0 Å². The van der Waals surface area contributed by atoms with Crippen molar-refractivity contribution in [3.63, 3.8) is 0 Å². The molecule has 5 heteroatoms. The lowest BCUT2D eigenvalue weighted by Gasteiger charge is -2.27. The summed E-state index contributed by atoms with van der Waals surface area (Å²) in [5.74, 6) is 0. The van der Waals surface area contributed by atoms with Gasteiger partial charge in [0.1, 0.15) is 12.5 Å². The number of nitrogens with zero attached hydrogens (tertiary/aromatic N) is 1. The van der Waals surface area contributed by atoms with E-state index in [0.29, 0.717) is 0 Å². The maximum Gasteiger partial charge on any atom is 0.290 e. The first-order chi connectivity index (χ1) is 6.51. The number of unbranched alkanes of at least 4 members (excludes halogenated alkanes) is 1. The molecule has 0 aromatic carbocycles. The van der Waals surface area contributed by atoms with Crippen molar-refractivity contribution in [1.29, 1.82) is 0 Å². The molecule has 14 heavy (non-hydrogen) atoms. The van der Waals surface area contributed by atoms with E-state index in [2.05, 4.69) is 6.92 Å². The topological polar surface area (TPSA) is 81.0 Å².